The van der Waals surface area contributed by atoms with Gasteiger partial charge >= 0.3 is 0 Å². The first kappa shape index (κ1) is 31.7. The van der Waals surface area contributed by atoms with Crippen LogP contribution in [-0.4, -0.2) is 39.8 Å². The molecule has 10 heteroatoms. The Hall–Kier alpha value is -3.56. The third kappa shape index (κ3) is 11.4. The van der Waals surface area contributed by atoms with E-state index in [9.17, 15) is 5.11 Å². The number of aliphatic hydroxyl groups excluding tert-OH is 1. The predicted octanol–water partition coefficient (Wildman–Crippen LogP) is 6.94. The number of rotatable bonds is 11. The van der Waals surface area contributed by atoms with Crippen LogP contribution in [0.4, 0.5) is 0 Å². The number of halogens is 2. The standard InChI is InChI=1S/C15H18N2O2.C13H13NO3.CH2Cl2/c1-4-13(17(2)3)14-10-15(16-19-14)18-11-12-8-6-5-7-9-12;1-2-11(15)12-8-13(14-17-12)16-9-10-6-4-3-5-7-10;2-1-3/h4-10,13H,1,11H2,2-3H3;2-8,11,15H,1,9H2;1H2/t13-;11-;/m01./s1. The number of hydrogen-bond acceptors (Lipinski definition) is 8. The fourth-order valence-corrected chi connectivity index (χ4v) is 3.12. The lowest BCUT2D eigenvalue weighted by molar-refractivity contribution is 0.181. The summed E-state index contributed by atoms with van der Waals surface area (Å²) in [7, 11) is 3.92. The smallest absolute Gasteiger partial charge is 0.254 e. The van der Waals surface area contributed by atoms with Gasteiger partial charge in [0.15, 0.2) is 11.5 Å². The normalized spacial score (nSPS) is 11.7. The van der Waals surface area contributed by atoms with Gasteiger partial charge < -0.3 is 23.6 Å². The largest absolute Gasteiger partial charge is 0.471 e. The number of alkyl halides is 2. The first-order valence-electron chi connectivity index (χ1n) is 11.9. The van der Waals surface area contributed by atoms with E-state index in [2.05, 4.69) is 23.5 Å². The quantitative estimate of drug-likeness (QED) is 0.152. The van der Waals surface area contributed by atoms with E-state index >= 15 is 0 Å². The van der Waals surface area contributed by atoms with Gasteiger partial charge in [0, 0.05) is 12.1 Å². The summed E-state index contributed by atoms with van der Waals surface area (Å²) in [6, 6.07) is 23.0. The Bertz CT molecular complexity index is 1220. The molecule has 0 saturated carbocycles. The molecule has 4 aromatic rings. The molecule has 208 valence electrons. The van der Waals surface area contributed by atoms with E-state index in [0.717, 1.165) is 16.9 Å². The molecule has 2 atom stereocenters. The number of nitrogens with zero attached hydrogens (tertiary/aromatic N) is 3. The summed E-state index contributed by atoms with van der Waals surface area (Å²) in [4.78, 5) is 1.99. The molecule has 0 aliphatic rings. The van der Waals surface area contributed by atoms with Crippen molar-refractivity contribution < 1.29 is 23.6 Å². The number of aromatic nitrogens is 2. The Morgan fingerprint density at radius 1 is 0.821 bits per heavy atom. The zero-order chi connectivity index (χ0) is 28.5. The third-order valence-corrected chi connectivity index (χ3v) is 5.06. The molecular formula is C29H33Cl2N3O5. The van der Waals surface area contributed by atoms with E-state index in [0.29, 0.717) is 30.7 Å². The molecule has 0 unspecified atom stereocenters. The highest BCUT2D eigenvalue weighted by atomic mass is 35.5. The van der Waals surface area contributed by atoms with Crippen molar-refractivity contribution in [2.45, 2.75) is 25.4 Å². The van der Waals surface area contributed by atoms with Crippen LogP contribution in [0.15, 0.2) is 107 Å². The van der Waals surface area contributed by atoms with Crippen LogP contribution in [-0.2, 0) is 13.2 Å². The number of likely N-dealkylation sites (N-methyl/N-ethyl adjacent to an activating group) is 1. The second-order valence-electron chi connectivity index (χ2n) is 8.11. The molecule has 0 saturated heterocycles. The number of hydrogen-bond donors (Lipinski definition) is 1. The Labute approximate surface area is 239 Å². The fraction of sp³-hybridized carbons (Fsp3) is 0.241. The van der Waals surface area contributed by atoms with Gasteiger partial charge in [0.25, 0.3) is 11.8 Å². The van der Waals surface area contributed by atoms with Crippen molar-refractivity contribution in [3.63, 3.8) is 0 Å². The van der Waals surface area contributed by atoms with Gasteiger partial charge in [-0.15, -0.1) is 36.4 Å². The average Bonchev–Trinajstić information content (AvgIpc) is 3.63. The molecule has 8 nitrogen and oxygen atoms in total. The van der Waals surface area contributed by atoms with Crippen LogP contribution >= 0.6 is 23.2 Å². The zero-order valence-electron chi connectivity index (χ0n) is 22.0. The summed E-state index contributed by atoms with van der Waals surface area (Å²) in [6.45, 7) is 8.15. The summed E-state index contributed by atoms with van der Waals surface area (Å²) in [5.74, 6) is 1.89. The monoisotopic (exact) mass is 573 g/mol. The van der Waals surface area contributed by atoms with Gasteiger partial charge in [-0.1, -0.05) is 72.8 Å². The number of aliphatic hydroxyl groups is 1. The van der Waals surface area contributed by atoms with Gasteiger partial charge in [-0.05, 0) is 35.5 Å². The Morgan fingerprint density at radius 3 is 1.67 bits per heavy atom. The zero-order valence-corrected chi connectivity index (χ0v) is 23.5. The van der Waals surface area contributed by atoms with Crippen LogP contribution in [0.3, 0.4) is 0 Å². The fourth-order valence-electron chi connectivity index (χ4n) is 3.12. The Balaban J connectivity index is 0.000000250. The van der Waals surface area contributed by atoms with Crippen LogP contribution in [0, 0.1) is 0 Å². The topological polar surface area (TPSA) is 94.0 Å². The van der Waals surface area contributed by atoms with Gasteiger partial charge in [-0.2, -0.15) is 0 Å². The Kier molecular flexibility index (Phi) is 14.5. The molecule has 0 fully saturated rings. The Morgan fingerprint density at radius 2 is 1.26 bits per heavy atom. The minimum atomic E-state index is -0.850. The molecule has 39 heavy (non-hydrogen) atoms. The van der Waals surface area contributed by atoms with Crippen LogP contribution < -0.4 is 9.47 Å². The molecule has 0 aliphatic carbocycles. The average molecular weight is 575 g/mol. The second kappa shape index (κ2) is 17.9. The molecule has 0 radical (unpaired) electrons. The van der Waals surface area contributed by atoms with Gasteiger partial charge in [0.1, 0.15) is 19.3 Å². The first-order chi connectivity index (χ1) is 18.9. The summed E-state index contributed by atoms with van der Waals surface area (Å²) < 4.78 is 21.2. The maximum atomic E-state index is 9.42. The molecule has 2 aromatic carbocycles. The van der Waals surface area contributed by atoms with Gasteiger partial charge in [-0.25, -0.2) is 0 Å². The van der Waals surface area contributed by atoms with Crippen molar-refractivity contribution in [2.24, 2.45) is 0 Å². The summed E-state index contributed by atoms with van der Waals surface area (Å²) in [6.07, 6.45) is 2.32. The van der Waals surface area contributed by atoms with Gasteiger partial charge in [0.05, 0.1) is 11.4 Å². The SMILES string of the molecule is C=C[C@@H](O)c1cc(OCc2ccccc2)no1.C=C[C@@H](c1cc(OCc2ccccc2)no1)N(C)C.ClCCl. The van der Waals surface area contributed by atoms with Gasteiger partial charge in [0.2, 0.25) is 0 Å². The highest BCUT2D eigenvalue weighted by Crippen LogP contribution is 2.23. The maximum Gasteiger partial charge on any atom is 0.254 e. The molecule has 0 amide bonds. The summed E-state index contributed by atoms with van der Waals surface area (Å²) in [5, 5.41) is 17.2. The lowest BCUT2D eigenvalue weighted by Gasteiger charge is -2.16. The van der Waals surface area contributed by atoms with E-state index in [-0.39, 0.29) is 11.4 Å². The lowest BCUT2D eigenvalue weighted by atomic mass is 10.2. The van der Waals surface area contributed by atoms with Crippen molar-refractivity contribution >= 4 is 23.2 Å². The highest BCUT2D eigenvalue weighted by molar-refractivity contribution is 6.40. The predicted molar refractivity (Wildman–Crippen MR) is 153 cm³/mol. The first-order valence-corrected chi connectivity index (χ1v) is 13.0. The van der Waals surface area contributed by atoms with Crippen LogP contribution in [0.25, 0.3) is 0 Å². The van der Waals surface area contributed by atoms with Crippen molar-refractivity contribution in [1.82, 2.24) is 15.2 Å². The summed E-state index contributed by atoms with van der Waals surface area (Å²) in [5.41, 5.74) is 2.14. The minimum Gasteiger partial charge on any atom is -0.471 e. The molecule has 0 bridgehead atoms. The molecule has 0 aliphatic heterocycles. The number of benzene rings is 2. The van der Waals surface area contributed by atoms with E-state index in [1.807, 2.05) is 85.7 Å². The van der Waals surface area contributed by atoms with E-state index in [1.54, 1.807) is 12.1 Å². The van der Waals surface area contributed by atoms with E-state index in [1.165, 1.54) is 6.08 Å². The van der Waals surface area contributed by atoms with Crippen molar-refractivity contribution in [2.75, 3.05) is 19.4 Å². The summed E-state index contributed by atoms with van der Waals surface area (Å²) >= 11 is 9.53. The van der Waals surface area contributed by atoms with Crippen LogP contribution in [0.5, 0.6) is 11.8 Å². The molecule has 2 aromatic heterocycles. The van der Waals surface area contributed by atoms with Crippen LogP contribution in [0.2, 0.25) is 0 Å². The third-order valence-electron chi connectivity index (χ3n) is 5.06. The molecule has 2 heterocycles. The van der Waals surface area contributed by atoms with Crippen molar-refractivity contribution in [3.8, 4) is 11.8 Å². The minimum absolute atomic E-state index is 0.00146. The van der Waals surface area contributed by atoms with Crippen LogP contribution in [0.1, 0.15) is 34.8 Å². The van der Waals surface area contributed by atoms with Crippen molar-refractivity contribution in [1.29, 1.82) is 0 Å². The maximum absolute atomic E-state index is 9.42. The second-order valence-corrected chi connectivity index (χ2v) is 8.92. The molecule has 0 spiro atoms. The van der Waals surface area contributed by atoms with E-state index in [4.69, 9.17) is 41.7 Å². The number of ether oxygens (including phenoxy) is 2. The molecular weight excluding hydrogens is 541 g/mol. The lowest BCUT2D eigenvalue weighted by Crippen LogP contribution is -2.16. The van der Waals surface area contributed by atoms with Crippen molar-refractivity contribution in [3.05, 3.63) is 121 Å². The van der Waals surface area contributed by atoms with Gasteiger partial charge in [-0.3, -0.25) is 4.90 Å². The molecule has 4 rings (SSSR count). The van der Waals surface area contributed by atoms with E-state index < -0.39 is 6.10 Å². The molecule has 1 N–H and O–H groups in total. The highest BCUT2D eigenvalue weighted by Gasteiger charge is 2.16.